The summed E-state index contributed by atoms with van der Waals surface area (Å²) in [5.74, 6) is 1.10. The maximum Gasteiger partial charge on any atom is 0.201 e. The summed E-state index contributed by atoms with van der Waals surface area (Å²) in [6, 6.07) is 7.76. The smallest absolute Gasteiger partial charge is 0.201 e. The lowest BCUT2D eigenvalue weighted by Gasteiger charge is -2.04. The lowest BCUT2D eigenvalue weighted by Crippen LogP contribution is -2.07. The fourth-order valence-electron chi connectivity index (χ4n) is 1.82. The molecule has 0 spiro atoms. The van der Waals surface area contributed by atoms with Crippen molar-refractivity contribution in [2.45, 2.75) is 6.54 Å². The van der Waals surface area contributed by atoms with Gasteiger partial charge in [-0.15, -0.1) is 0 Å². The van der Waals surface area contributed by atoms with Gasteiger partial charge in [0.2, 0.25) is 5.95 Å². The van der Waals surface area contributed by atoms with Gasteiger partial charge in [0.05, 0.1) is 22.6 Å². The predicted octanol–water partition coefficient (Wildman–Crippen LogP) is 2.11. The summed E-state index contributed by atoms with van der Waals surface area (Å²) >= 11 is 5.75. The summed E-state index contributed by atoms with van der Waals surface area (Å²) in [5.41, 5.74) is 7.73. The summed E-state index contributed by atoms with van der Waals surface area (Å²) in [5, 5.41) is 0.516. The highest BCUT2D eigenvalue weighted by atomic mass is 35.5. The highest BCUT2D eigenvalue weighted by molar-refractivity contribution is 6.30. The quantitative estimate of drug-likeness (QED) is 0.765. The molecule has 2 heterocycles. The molecule has 5 nitrogen and oxygen atoms in total. The number of nitrogens with two attached hydrogens (primary N) is 1. The van der Waals surface area contributed by atoms with E-state index < -0.39 is 0 Å². The maximum absolute atomic E-state index is 5.90. The lowest BCUT2D eigenvalue weighted by molar-refractivity contribution is 0.773. The Morgan fingerprint density at radius 3 is 2.67 bits per heavy atom. The van der Waals surface area contributed by atoms with Gasteiger partial charge in [-0.05, 0) is 12.1 Å². The number of para-hydroxylation sites is 2. The Kier molecular flexibility index (Phi) is 2.60. The van der Waals surface area contributed by atoms with Gasteiger partial charge in [-0.3, -0.25) is 0 Å². The first-order chi connectivity index (χ1) is 8.74. The van der Waals surface area contributed by atoms with Crippen LogP contribution in [-0.2, 0) is 6.54 Å². The van der Waals surface area contributed by atoms with Crippen LogP contribution in [0.25, 0.3) is 11.0 Å². The summed E-state index contributed by atoms with van der Waals surface area (Å²) in [4.78, 5) is 12.6. The Hall–Kier alpha value is -2.14. The molecule has 0 aliphatic heterocycles. The minimum atomic E-state index is 0.453. The SMILES string of the molecule is Nc1nc2ccccc2n1Cc1ncc(Cl)cn1. The number of benzene rings is 1. The first-order valence-electron chi connectivity index (χ1n) is 5.41. The fourth-order valence-corrected chi connectivity index (χ4v) is 1.92. The number of nitrogen functional groups attached to an aromatic ring is 1. The molecule has 0 atom stereocenters. The zero-order valence-electron chi connectivity index (χ0n) is 9.42. The van der Waals surface area contributed by atoms with Crippen LogP contribution >= 0.6 is 11.6 Å². The number of halogens is 1. The second-order valence-corrected chi connectivity index (χ2v) is 4.30. The molecule has 3 rings (SSSR count). The third-order valence-electron chi connectivity index (χ3n) is 2.66. The Morgan fingerprint density at radius 1 is 1.17 bits per heavy atom. The van der Waals surface area contributed by atoms with E-state index in [-0.39, 0.29) is 0 Å². The van der Waals surface area contributed by atoms with E-state index in [0.717, 1.165) is 11.0 Å². The summed E-state index contributed by atoms with van der Waals surface area (Å²) in [6.45, 7) is 0.476. The molecular formula is C12H10ClN5. The van der Waals surface area contributed by atoms with Crippen LogP contribution in [0.4, 0.5) is 5.95 Å². The molecule has 0 unspecified atom stereocenters. The first kappa shape index (κ1) is 11.0. The van der Waals surface area contributed by atoms with E-state index in [2.05, 4.69) is 15.0 Å². The van der Waals surface area contributed by atoms with Gasteiger partial charge in [-0.25, -0.2) is 15.0 Å². The second kappa shape index (κ2) is 4.27. The zero-order chi connectivity index (χ0) is 12.5. The van der Waals surface area contributed by atoms with E-state index in [9.17, 15) is 0 Å². The van der Waals surface area contributed by atoms with Gasteiger partial charge in [-0.1, -0.05) is 23.7 Å². The lowest BCUT2D eigenvalue weighted by atomic mass is 10.3. The van der Waals surface area contributed by atoms with Crippen LogP contribution in [0.15, 0.2) is 36.7 Å². The van der Waals surface area contributed by atoms with Crippen molar-refractivity contribution in [2.75, 3.05) is 5.73 Å². The van der Waals surface area contributed by atoms with Crippen LogP contribution in [0.2, 0.25) is 5.02 Å². The summed E-state index contributed by atoms with van der Waals surface area (Å²) in [6.07, 6.45) is 3.14. The van der Waals surface area contributed by atoms with Gasteiger partial charge >= 0.3 is 0 Å². The standard InChI is InChI=1S/C12H10ClN5/c13-8-5-15-11(16-6-8)7-18-10-4-2-1-3-9(10)17-12(18)14/h1-6H,7H2,(H2,14,17). The van der Waals surface area contributed by atoms with Crippen molar-refractivity contribution in [3.05, 3.63) is 47.5 Å². The Balaban J connectivity index is 2.04. The van der Waals surface area contributed by atoms with Crippen molar-refractivity contribution in [3.8, 4) is 0 Å². The van der Waals surface area contributed by atoms with Gasteiger partial charge in [-0.2, -0.15) is 0 Å². The molecule has 3 aromatic rings. The Bertz CT molecular complexity index is 689. The number of rotatable bonds is 2. The Morgan fingerprint density at radius 2 is 1.89 bits per heavy atom. The number of fused-ring (bicyclic) bond motifs is 1. The average Bonchev–Trinajstić information content (AvgIpc) is 2.69. The minimum absolute atomic E-state index is 0.453. The van der Waals surface area contributed by atoms with Crippen LogP contribution < -0.4 is 5.73 Å². The van der Waals surface area contributed by atoms with Crippen LogP contribution in [0, 0.1) is 0 Å². The van der Waals surface area contributed by atoms with Gasteiger partial charge in [0, 0.05) is 12.4 Å². The molecule has 0 amide bonds. The van der Waals surface area contributed by atoms with Crippen molar-refractivity contribution in [1.82, 2.24) is 19.5 Å². The molecule has 6 heteroatoms. The molecule has 0 bridgehead atoms. The van der Waals surface area contributed by atoms with Gasteiger partial charge in [0.1, 0.15) is 5.82 Å². The van der Waals surface area contributed by atoms with E-state index in [1.54, 1.807) is 12.4 Å². The number of nitrogens with zero attached hydrogens (tertiary/aromatic N) is 4. The molecule has 0 fully saturated rings. The summed E-state index contributed by atoms with van der Waals surface area (Å²) in [7, 11) is 0. The fraction of sp³-hybridized carbons (Fsp3) is 0.0833. The van der Waals surface area contributed by atoms with Crippen LogP contribution in [0.5, 0.6) is 0 Å². The summed E-state index contributed by atoms with van der Waals surface area (Å²) < 4.78 is 1.87. The van der Waals surface area contributed by atoms with E-state index >= 15 is 0 Å². The molecule has 0 saturated heterocycles. The monoisotopic (exact) mass is 259 g/mol. The predicted molar refractivity (Wildman–Crippen MR) is 70.3 cm³/mol. The average molecular weight is 260 g/mol. The largest absolute Gasteiger partial charge is 0.369 e. The Labute approximate surface area is 108 Å². The van der Waals surface area contributed by atoms with Gasteiger partial charge in [0.15, 0.2) is 0 Å². The van der Waals surface area contributed by atoms with Gasteiger partial charge in [0.25, 0.3) is 0 Å². The topological polar surface area (TPSA) is 69.6 Å². The molecular weight excluding hydrogens is 250 g/mol. The van der Waals surface area contributed by atoms with E-state index in [0.29, 0.717) is 23.3 Å². The minimum Gasteiger partial charge on any atom is -0.369 e. The van der Waals surface area contributed by atoms with Gasteiger partial charge < -0.3 is 10.3 Å². The van der Waals surface area contributed by atoms with E-state index in [1.165, 1.54) is 0 Å². The molecule has 0 radical (unpaired) electrons. The van der Waals surface area contributed by atoms with Crippen molar-refractivity contribution in [2.24, 2.45) is 0 Å². The second-order valence-electron chi connectivity index (χ2n) is 3.86. The van der Waals surface area contributed by atoms with E-state index in [1.807, 2.05) is 28.8 Å². The van der Waals surface area contributed by atoms with Crippen LogP contribution in [-0.4, -0.2) is 19.5 Å². The first-order valence-corrected chi connectivity index (χ1v) is 5.79. The number of imidazole rings is 1. The molecule has 18 heavy (non-hydrogen) atoms. The van der Waals surface area contributed by atoms with E-state index in [4.69, 9.17) is 17.3 Å². The number of hydrogen-bond acceptors (Lipinski definition) is 4. The normalized spacial score (nSPS) is 10.9. The zero-order valence-corrected chi connectivity index (χ0v) is 10.2. The molecule has 0 aliphatic carbocycles. The maximum atomic E-state index is 5.90. The van der Waals surface area contributed by atoms with Crippen molar-refractivity contribution >= 4 is 28.6 Å². The molecule has 90 valence electrons. The third kappa shape index (κ3) is 1.89. The molecule has 2 aromatic heterocycles. The molecule has 2 N–H and O–H groups in total. The molecule has 0 saturated carbocycles. The van der Waals surface area contributed by atoms with Crippen molar-refractivity contribution in [1.29, 1.82) is 0 Å². The van der Waals surface area contributed by atoms with Crippen molar-refractivity contribution in [3.63, 3.8) is 0 Å². The molecule has 0 aliphatic rings. The number of anilines is 1. The molecule has 1 aromatic carbocycles. The third-order valence-corrected chi connectivity index (χ3v) is 2.85. The van der Waals surface area contributed by atoms with Crippen LogP contribution in [0.3, 0.4) is 0 Å². The number of aromatic nitrogens is 4. The van der Waals surface area contributed by atoms with Crippen molar-refractivity contribution < 1.29 is 0 Å². The number of hydrogen-bond donors (Lipinski definition) is 1. The highest BCUT2D eigenvalue weighted by Crippen LogP contribution is 2.18. The van der Waals surface area contributed by atoms with Crippen LogP contribution in [0.1, 0.15) is 5.82 Å². The highest BCUT2D eigenvalue weighted by Gasteiger charge is 2.08.